The van der Waals surface area contributed by atoms with Gasteiger partial charge in [-0.25, -0.2) is 4.98 Å². The zero-order valence-corrected chi connectivity index (χ0v) is 11.3. The van der Waals surface area contributed by atoms with Crippen molar-refractivity contribution in [2.75, 3.05) is 13.1 Å². The van der Waals surface area contributed by atoms with Gasteiger partial charge >= 0.3 is 0 Å². The van der Waals surface area contributed by atoms with Crippen molar-refractivity contribution in [1.29, 1.82) is 0 Å². The summed E-state index contributed by atoms with van der Waals surface area (Å²) in [6.07, 6.45) is -1.82. The molecule has 1 saturated heterocycles. The quantitative estimate of drug-likeness (QED) is 0.771. The first kappa shape index (κ1) is 13.3. The molecule has 1 aliphatic rings. The lowest BCUT2D eigenvalue weighted by atomic mass is 10.1. The molecule has 2 aromatic rings. The van der Waals surface area contributed by atoms with Crippen LogP contribution in [0.15, 0.2) is 30.3 Å². The number of fused-ring (bicyclic) bond motifs is 1. The second kappa shape index (κ2) is 5.01. The summed E-state index contributed by atoms with van der Waals surface area (Å²) < 4.78 is 0. The molecule has 1 aliphatic heterocycles. The molecule has 3 rings (SSSR count). The van der Waals surface area contributed by atoms with Crippen LogP contribution >= 0.6 is 11.6 Å². The Bertz CT molecular complexity index is 667. The van der Waals surface area contributed by atoms with Crippen LogP contribution in [0.1, 0.15) is 10.5 Å². The minimum Gasteiger partial charge on any atom is -0.388 e. The average Bonchev–Trinajstić information content (AvgIpc) is 2.78. The van der Waals surface area contributed by atoms with E-state index in [-0.39, 0.29) is 29.8 Å². The number of hydrogen-bond donors (Lipinski definition) is 2. The van der Waals surface area contributed by atoms with Crippen LogP contribution < -0.4 is 0 Å². The third kappa shape index (κ3) is 2.24. The average molecular weight is 293 g/mol. The number of likely N-dealkylation sites (tertiary alicyclic amines) is 1. The maximum atomic E-state index is 12.3. The van der Waals surface area contributed by atoms with Crippen LogP contribution in [0.5, 0.6) is 0 Å². The van der Waals surface area contributed by atoms with Crippen molar-refractivity contribution in [2.45, 2.75) is 12.2 Å². The van der Waals surface area contributed by atoms with Gasteiger partial charge in [0.2, 0.25) is 0 Å². The maximum absolute atomic E-state index is 12.3. The molecule has 2 atom stereocenters. The largest absolute Gasteiger partial charge is 0.388 e. The molecular formula is C14H13ClN2O3. The molecule has 1 aromatic heterocycles. The smallest absolute Gasteiger partial charge is 0.272 e. The molecule has 0 aliphatic carbocycles. The normalized spacial score (nSPS) is 22.4. The Morgan fingerprint density at radius 3 is 2.60 bits per heavy atom. The molecular weight excluding hydrogens is 280 g/mol. The first-order valence-corrected chi connectivity index (χ1v) is 6.65. The zero-order chi connectivity index (χ0) is 14.3. The predicted molar refractivity (Wildman–Crippen MR) is 74.7 cm³/mol. The highest BCUT2D eigenvalue weighted by Gasteiger charge is 2.33. The summed E-state index contributed by atoms with van der Waals surface area (Å²) in [7, 11) is 0. The standard InChI is InChI=1S/C14H13ClN2O3/c15-13-9-4-2-1-3-8(9)5-10(16-13)14(20)17-6-11(18)12(19)7-17/h1-5,11-12,18-19H,6-7H2. The van der Waals surface area contributed by atoms with Crippen molar-refractivity contribution in [2.24, 2.45) is 0 Å². The summed E-state index contributed by atoms with van der Waals surface area (Å²) in [5, 5.41) is 20.9. The fourth-order valence-corrected chi connectivity index (χ4v) is 2.63. The highest BCUT2D eigenvalue weighted by atomic mass is 35.5. The summed E-state index contributed by atoms with van der Waals surface area (Å²) in [6.45, 7) is 0.207. The molecule has 5 nitrogen and oxygen atoms in total. The van der Waals surface area contributed by atoms with Gasteiger partial charge in [0.1, 0.15) is 10.8 Å². The minimum absolute atomic E-state index is 0.103. The van der Waals surface area contributed by atoms with Gasteiger partial charge in [0, 0.05) is 18.5 Å². The monoisotopic (exact) mass is 292 g/mol. The third-order valence-electron chi connectivity index (χ3n) is 3.46. The van der Waals surface area contributed by atoms with Crippen LogP contribution in [-0.4, -0.2) is 51.3 Å². The van der Waals surface area contributed by atoms with Gasteiger partial charge in [0.15, 0.2) is 0 Å². The van der Waals surface area contributed by atoms with Crippen molar-refractivity contribution in [3.8, 4) is 0 Å². The van der Waals surface area contributed by atoms with E-state index in [9.17, 15) is 15.0 Å². The van der Waals surface area contributed by atoms with E-state index in [1.54, 1.807) is 6.07 Å². The lowest BCUT2D eigenvalue weighted by Gasteiger charge is -2.15. The Labute approximate surface area is 120 Å². The minimum atomic E-state index is -0.908. The Kier molecular flexibility index (Phi) is 3.33. The fraction of sp³-hybridized carbons (Fsp3) is 0.286. The van der Waals surface area contributed by atoms with E-state index in [1.165, 1.54) is 4.90 Å². The first-order chi connectivity index (χ1) is 9.56. The van der Waals surface area contributed by atoms with E-state index in [4.69, 9.17) is 11.6 Å². The van der Waals surface area contributed by atoms with Crippen LogP contribution in [0.25, 0.3) is 10.8 Å². The Hall–Kier alpha value is -1.69. The maximum Gasteiger partial charge on any atom is 0.272 e. The number of hydrogen-bond acceptors (Lipinski definition) is 4. The SMILES string of the molecule is O=C(c1cc2ccccc2c(Cl)n1)N1CC(O)C(O)C1. The Morgan fingerprint density at radius 1 is 1.25 bits per heavy atom. The lowest BCUT2D eigenvalue weighted by molar-refractivity contribution is 0.0572. The van der Waals surface area contributed by atoms with Gasteiger partial charge in [0.05, 0.1) is 12.2 Å². The Balaban J connectivity index is 1.96. The van der Waals surface area contributed by atoms with Crippen LogP contribution in [0.3, 0.4) is 0 Å². The van der Waals surface area contributed by atoms with Crippen molar-refractivity contribution < 1.29 is 15.0 Å². The molecule has 0 saturated carbocycles. The number of aliphatic hydroxyl groups excluding tert-OH is 2. The number of nitrogens with zero attached hydrogens (tertiary/aromatic N) is 2. The molecule has 0 bridgehead atoms. The molecule has 20 heavy (non-hydrogen) atoms. The van der Waals surface area contributed by atoms with Crippen LogP contribution in [-0.2, 0) is 0 Å². The molecule has 0 spiro atoms. The third-order valence-corrected chi connectivity index (χ3v) is 3.75. The van der Waals surface area contributed by atoms with Crippen molar-refractivity contribution in [3.63, 3.8) is 0 Å². The predicted octanol–water partition coefficient (Wildman–Crippen LogP) is 1.07. The van der Waals surface area contributed by atoms with Gasteiger partial charge in [-0.2, -0.15) is 0 Å². The van der Waals surface area contributed by atoms with Crippen molar-refractivity contribution >= 4 is 28.3 Å². The summed E-state index contributed by atoms with van der Waals surface area (Å²) in [5.74, 6) is -0.340. The number of aliphatic hydroxyl groups is 2. The van der Waals surface area contributed by atoms with Crippen LogP contribution in [0.4, 0.5) is 0 Å². The molecule has 2 unspecified atom stereocenters. The zero-order valence-electron chi connectivity index (χ0n) is 10.5. The van der Waals surface area contributed by atoms with E-state index in [2.05, 4.69) is 4.98 Å². The Morgan fingerprint density at radius 2 is 1.90 bits per heavy atom. The topological polar surface area (TPSA) is 73.7 Å². The summed E-state index contributed by atoms with van der Waals surface area (Å²) >= 11 is 6.09. The lowest BCUT2D eigenvalue weighted by Crippen LogP contribution is -2.30. The summed E-state index contributed by atoms with van der Waals surface area (Å²) in [4.78, 5) is 17.8. The molecule has 1 amide bonds. The number of rotatable bonds is 1. The molecule has 104 valence electrons. The number of amides is 1. The van der Waals surface area contributed by atoms with Gasteiger partial charge in [0.25, 0.3) is 5.91 Å². The van der Waals surface area contributed by atoms with Crippen LogP contribution in [0.2, 0.25) is 5.15 Å². The first-order valence-electron chi connectivity index (χ1n) is 6.27. The number of halogens is 1. The summed E-state index contributed by atoms with van der Waals surface area (Å²) in [6, 6.07) is 9.07. The van der Waals surface area contributed by atoms with E-state index in [1.807, 2.05) is 24.3 Å². The number of carbonyl (C=O) groups is 1. The number of benzene rings is 1. The van der Waals surface area contributed by atoms with Crippen molar-refractivity contribution in [3.05, 3.63) is 41.2 Å². The van der Waals surface area contributed by atoms with Gasteiger partial charge in [-0.05, 0) is 11.5 Å². The molecule has 2 N–H and O–H groups in total. The van der Waals surface area contributed by atoms with E-state index < -0.39 is 12.2 Å². The van der Waals surface area contributed by atoms with Gasteiger partial charge in [-0.1, -0.05) is 35.9 Å². The highest BCUT2D eigenvalue weighted by Crippen LogP contribution is 2.23. The van der Waals surface area contributed by atoms with Crippen LogP contribution in [0, 0.1) is 0 Å². The highest BCUT2D eigenvalue weighted by molar-refractivity contribution is 6.34. The molecule has 1 aromatic carbocycles. The number of pyridine rings is 1. The van der Waals surface area contributed by atoms with E-state index >= 15 is 0 Å². The second-order valence-electron chi connectivity index (χ2n) is 4.86. The van der Waals surface area contributed by atoms with Gasteiger partial charge < -0.3 is 15.1 Å². The fourth-order valence-electron chi connectivity index (χ4n) is 2.36. The number of β-amino-alcohol motifs (C(OH)–C–C–N with tert-alkyl or cyclic N) is 2. The van der Waals surface area contributed by atoms with Crippen molar-refractivity contribution in [1.82, 2.24) is 9.88 Å². The second-order valence-corrected chi connectivity index (χ2v) is 5.22. The van der Waals surface area contributed by atoms with E-state index in [0.29, 0.717) is 0 Å². The molecule has 6 heteroatoms. The van der Waals surface area contributed by atoms with E-state index in [0.717, 1.165) is 10.8 Å². The molecule has 1 fully saturated rings. The van der Waals surface area contributed by atoms with Gasteiger partial charge in [-0.15, -0.1) is 0 Å². The number of carbonyl (C=O) groups excluding carboxylic acids is 1. The molecule has 0 radical (unpaired) electrons. The van der Waals surface area contributed by atoms with Gasteiger partial charge in [-0.3, -0.25) is 4.79 Å². The number of aromatic nitrogens is 1. The molecule has 2 heterocycles. The summed E-state index contributed by atoms with van der Waals surface area (Å²) in [5.41, 5.74) is 0.218.